The van der Waals surface area contributed by atoms with Crippen molar-refractivity contribution in [3.05, 3.63) is 68.1 Å². The summed E-state index contributed by atoms with van der Waals surface area (Å²) in [5.74, 6) is 2.53. The minimum Gasteiger partial charge on any atom is -0.483 e. The summed E-state index contributed by atoms with van der Waals surface area (Å²) in [7, 11) is 0. The molecule has 2 aromatic rings. The summed E-state index contributed by atoms with van der Waals surface area (Å²) in [6.07, 6.45) is 1.64. The normalized spacial score (nSPS) is 12.4. The Bertz CT molecular complexity index is 1160. The lowest BCUT2D eigenvalue weighted by molar-refractivity contribution is -0.123. The Morgan fingerprint density at radius 1 is 1.31 bits per heavy atom. The van der Waals surface area contributed by atoms with Gasteiger partial charge in [0.25, 0.3) is 11.8 Å². The number of para-hydroxylation sites is 1. The van der Waals surface area contributed by atoms with Crippen LogP contribution in [0.3, 0.4) is 0 Å². The maximum atomic E-state index is 12.1. The van der Waals surface area contributed by atoms with Crippen molar-refractivity contribution < 1.29 is 14.3 Å². The maximum Gasteiger partial charge on any atom is 0.287 e. The van der Waals surface area contributed by atoms with Gasteiger partial charge in [-0.15, -0.1) is 5.10 Å². The van der Waals surface area contributed by atoms with Gasteiger partial charge in [-0.05, 0) is 48.2 Å². The molecule has 1 aliphatic rings. The van der Waals surface area contributed by atoms with Crippen molar-refractivity contribution in [2.75, 3.05) is 6.61 Å². The van der Waals surface area contributed by atoms with E-state index in [1.54, 1.807) is 12.1 Å². The molecule has 0 aromatic heterocycles. The quantitative estimate of drug-likeness (QED) is 0.429. The molecule has 7 heteroatoms. The van der Waals surface area contributed by atoms with Gasteiger partial charge in [-0.3, -0.25) is 9.59 Å². The van der Waals surface area contributed by atoms with Crippen molar-refractivity contribution in [3.8, 4) is 5.75 Å². The highest BCUT2D eigenvalue weighted by Crippen LogP contribution is 2.32. The van der Waals surface area contributed by atoms with E-state index in [2.05, 4.69) is 51.2 Å². The Morgan fingerprint density at radius 2 is 2.07 bits per heavy atom. The fourth-order valence-electron chi connectivity index (χ4n) is 2.75. The van der Waals surface area contributed by atoms with Gasteiger partial charge in [0, 0.05) is 15.6 Å². The van der Waals surface area contributed by atoms with Gasteiger partial charge in [-0.2, -0.15) is 0 Å². The molecule has 2 aromatic carbocycles. The van der Waals surface area contributed by atoms with Crippen LogP contribution >= 0.6 is 15.9 Å². The molecule has 0 fully saturated rings. The van der Waals surface area contributed by atoms with E-state index in [9.17, 15) is 9.59 Å². The van der Waals surface area contributed by atoms with Crippen LogP contribution in [0, 0.1) is 6.92 Å². The van der Waals surface area contributed by atoms with Crippen LogP contribution in [0.5, 0.6) is 5.75 Å². The first-order valence-corrected chi connectivity index (χ1v) is 9.88. The zero-order chi connectivity index (χ0) is 21.0. The van der Waals surface area contributed by atoms with Crippen molar-refractivity contribution in [1.82, 2.24) is 5.43 Å². The van der Waals surface area contributed by atoms with Gasteiger partial charge in [0.15, 0.2) is 6.61 Å². The molecule has 1 N–H and O–H groups in total. The Balaban J connectivity index is 1.68. The number of nitrogens with one attached hydrogen (secondary N) is 1. The molecule has 29 heavy (non-hydrogen) atoms. The maximum absolute atomic E-state index is 12.1. The molecule has 0 atom stereocenters. The first kappa shape index (κ1) is 20.7. The number of halogens is 1. The lowest BCUT2D eigenvalue weighted by Gasteiger charge is -2.15. The third-order valence-electron chi connectivity index (χ3n) is 4.32. The van der Waals surface area contributed by atoms with Crippen LogP contribution in [0.2, 0.25) is 0 Å². The highest BCUT2D eigenvalue weighted by Gasteiger charge is 2.13. The molecular formula is C22H20BrN3O3. The lowest BCUT2D eigenvalue weighted by Crippen LogP contribution is -2.30. The summed E-state index contributed by atoms with van der Waals surface area (Å²) in [5, 5.41) is 5.13. The fourth-order valence-corrected chi connectivity index (χ4v) is 3.11. The van der Waals surface area contributed by atoms with Crippen molar-refractivity contribution in [1.29, 1.82) is 0 Å². The standard InChI is InChI=1S/C22H20BrN3O3/c1-13(2)17-10-18(23)14(3)8-20(17)29-12-21(27)26-24-11-16-9-15-6-4-5-7-19(15)25-22(16)28/h4-10,13H,12H2,1-3H3,(H,26,27). The topological polar surface area (TPSA) is 80.1 Å². The van der Waals surface area contributed by atoms with Crippen molar-refractivity contribution >= 4 is 39.7 Å². The van der Waals surface area contributed by atoms with E-state index in [1.807, 2.05) is 37.3 Å². The number of fused-ring (bicyclic) bond motifs is 1. The number of rotatable bonds is 5. The first-order valence-electron chi connectivity index (χ1n) is 9.09. The monoisotopic (exact) mass is 453 g/mol. The third-order valence-corrected chi connectivity index (χ3v) is 5.17. The highest BCUT2D eigenvalue weighted by atomic mass is 79.9. The second-order valence-electron chi connectivity index (χ2n) is 6.87. The van der Waals surface area contributed by atoms with Gasteiger partial charge in [0.2, 0.25) is 0 Å². The van der Waals surface area contributed by atoms with Gasteiger partial charge < -0.3 is 4.74 Å². The summed E-state index contributed by atoms with van der Waals surface area (Å²) in [6.45, 7) is 5.87. The van der Waals surface area contributed by atoms with E-state index in [0.29, 0.717) is 11.1 Å². The smallest absolute Gasteiger partial charge is 0.287 e. The van der Waals surface area contributed by atoms with Gasteiger partial charge in [-0.1, -0.05) is 48.0 Å². The van der Waals surface area contributed by atoms with Crippen LogP contribution < -0.4 is 20.7 Å². The number of carbonyl (C=O) groups is 2. The summed E-state index contributed by atoms with van der Waals surface area (Å²) in [5.41, 5.74) is 4.52. The first-order chi connectivity index (χ1) is 13.8. The van der Waals surface area contributed by atoms with Gasteiger partial charge >= 0.3 is 0 Å². The van der Waals surface area contributed by atoms with Gasteiger partial charge in [-0.25, -0.2) is 10.4 Å². The number of nitrogens with zero attached hydrogens (tertiary/aromatic N) is 2. The Kier molecular flexibility index (Phi) is 6.42. The van der Waals surface area contributed by atoms with E-state index in [1.165, 1.54) is 0 Å². The van der Waals surface area contributed by atoms with Crippen LogP contribution in [0.1, 0.15) is 30.9 Å². The molecule has 3 rings (SSSR count). The molecular weight excluding hydrogens is 434 g/mol. The van der Waals surface area contributed by atoms with Crippen molar-refractivity contribution in [2.24, 2.45) is 10.1 Å². The molecule has 1 aliphatic heterocycles. The summed E-state index contributed by atoms with van der Waals surface area (Å²) >= 11 is 3.52. The number of benzene rings is 2. The van der Waals surface area contributed by atoms with E-state index < -0.39 is 11.8 Å². The summed E-state index contributed by atoms with van der Waals surface area (Å²) in [6, 6.07) is 11.2. The van der Waals surface area contributed by atoms with Crippen LogP contribution in [-0.4, -0.2) is 24.3 Å². The Hall–Kier alpha value is -3.02. The summed E-state index contributed by atoms with van der Waals surface area (Å²) in [4.78, 5) is 28.0. The Labute approximate surface area is 176 Å². The van der Waals surface area contributed by atoms with Crippen molar-refractivity contribution in [3.63, 3.8) is 0 Å². The van der Waals surface area contributed by atoms with Gasteiger partial charge in [0.1, 0.15) is 11.3 Å². The molecule has 0 unspecified atom stereocenters. The minimum absolute atomic E-state index is 0.176. The number of hydrazone groups is 1. The van der Waals surface area contributed by atoms with Gasteiger partial charge in [0.05, 0.1) is 5.36 Å². The SMILES string of the molecule is Cc1cc(OCC(=O)NN=C=C2C=c3ccccc3=NC2=O)c(C(C)C)cc1Br. The van der Waals surface area contributed by atoms with E-state index in [-0.39, 0.29) is 18.1 Å². The van der Waals surface area contributed by atoms with E-state index in [0.717, 1.165) is 20.8 Å². The molecule has 0 aliphatic carbocycles. The van der Waals surface area contributed by atoms with Crippen LogP contribution in [-0.2, 0) is 9.59 Å². The van der Waals surface area contributed by atoms with Crippen LogP contribution in [0.25, 0.3) is 6.08 Å². The molecule has 0 saturated heterocycles. The largest absolute Gasteiger partial charge is 0.483 e. The molecule has 148 valence electrons. The number of hydrogen-bond donors (Lipinski definition) is 1. The predicted molar refractivity (Wildman–Crippen MR) is 114 cm³/mol. The summed E-state index contributed by atoms with van der Waals surface area (Å²) < 4.78 is 6.68. The zero-order valence-electron chi connectivity index (χ0n) is 16.3. The molecule has 0 radical (unpaired) electrons. The number of ether oxygens (including phenoxy) is 1. The highest BCUT2D eigenvalue weighted by molar-refractivity contribution is 9.10. The lowest BCUT2D eigenvalue weighted by atomic mass is 10.0. The average molecular weight is 454 g/mol. The van der Waals surface area contributed by atoms with E-state index >= 15 is 0 Å². The number of aryl methyl sites for hydroxylation is 1. The molecule has 0 bridgehead atoms. The second-order valence-corrected chi connectivity index (χ2v) is 7.73. The van der Waals surface area contributed by atoms with Crippen LogP contribution in [0.15, 0.2) is 56.5 Å². The predicted octanol–water partition coefficient (Wildman–Crippen LogP) is 2.53. The van der Waals surface area contributed by atoms with Crippen LogP contribution in [0.4, 0.5) is 0 Å². The number of amides is 2. The van der Waals surface area contributed by atoms with E-state index in [4.69, 9.17) is 4.74 Å². The molecule has 2 amide bonds. The number of hydrogen-bond acceptors (Lipinski definition) is 4. The Morgan fingerprint density at radius 3 is 2.83 bits per heavy atom. The minimum atomic E-state index is -0.454. The fraction of sp³-hybridized carbons (Fsp3) is 0.227. The molecule has 0 spiro atoms. The second kappa shape index (κ2) is 8.99. The molecule has 6 nitrogen and oxygen atoms in total. The number of carbonyl (C=O) groups excluding carboxylic acids is 2. The zero-order valence-corrected chi connectivity index (χ0v) is 17.9. The third kappa shape index (κ3) is 5.08. The molecule has 1 heterocycles. The van der Waals surface area contributed by atoms with Crippen molar-refractivity contribution in [2.45, 2.75) is 26.7 Å². The average Bonchev–Trinajstić information content (AvgIpc) is 2.68. The molecule has 0 saturated carbocycles.